The molecule has 0 saturated heterocycles. The van der Waals surface area contributed by atoms with Gasteiger partial charge < -0.3 is 10.4 Å². The number of unbranched alkanes of at least 4 members (excludes halogenated alkanes) is 2. The molecule has 6 nitrogen and oxygen atoms in total. The lowest BCUT2D eigenvalue weighted by atomic mass is 10.2. The molecule has 7 heteroatoms. The minimum Gasteiger partial charge on any atom is -0.396 e. The summed E-state index contributed by atoms with van der Waals surface area (Å²) in [5, 5.41) is 22.3. The number of hydrogen-bond donors (Lipinski definition) is 2. The van der Waals surface area contributed by atoms with Crippen molar-refractivity contribution in [3.63, 3.8) is 0 Å². The smallest absolute Gasteiger partial charge is 0.289 e. The predicted octanol–water partition coefficient (Wildman–Crippen LogP) is 2.22. The van der Waals surface area contributed by atoms with Crippen LogP contribution in [0, 0.1) is 10.1 Å². The maximum atomic E-state index is 10.5. The highest BCUT2D eigenvalue weighted by atomic mass is 35.5. The van der Waals surface area contributed by atoms with Crippen molar-refractivity contribution in [2.75, 3.05) is 18.5 Å². The second kappa shape index (κ2) is 7.03. The first-order chi connectivity index (χ1) is 8.15. The third-order valence-electron chi connectivity index (χ3n) is 2.16. The van der Waals surface area contributed by atoms with Gasteiger partial charge in [0.1, 0.15) is 12.0 Å². The van der Waals surface area contributed by atoms with Crippen LogP contribution in [-0.2, 0) is 0 Å². The average molecular weight is 260 g/mol. The molecule has 94 valence electrons. The second-order valence-electron chi connectivity index (χ2n) is 3.49. The Morgan fingerprint density at radius 2 is 2.24 bits per heavy atom. The molecular weight excluding hydrogens is 246 g/mol. The molecule has 0 unspecified atom stereocenters. The number of nitro groups is 1. The van der Waals surface area contributed by atoms with E-state index in [2.05, 4.69) is 10.3 Å². The normalized spacial score (nSPS) is 10.2. The molecule has 17 heavy (non-hydrogen) atoms. The molecule has 1 aromatic rings. The number of aliphatic hydroxyl groups excluding tert-OH is 1. The number of anilines is 1. The zero-order valence-corrected chi connectivity index (χ0v) is 9.98. The van der Waals surface area contributed by atoms with Crippen LogP contribution in [0.15, 0.2) is 12.3 Å². The topological polar surface area (TPSA) is 88.3 Å². The number of pyridine rings is 1. The van der Waals surface area contributed by atoms with Gasteiger partial charge in [-0.15, -0.1) is 0 Å². The molecule has 0 spiro atoms. The van der Waals surface area contributed by atoms with Crippen LogP contribution in [0.25, 0.3) is 0 Å². The lowest BCUT2D eigenvalue weighted by Gasteiger charge is -2.06. The van der Waals surface area contributed by atoms with E-state index in [0.717, 1.165) is 19.3 Å². The van der Waals surface area contributed by atoms with E-state index in [1.807, 2.05) is 0 Å². The molecule has 0 amide bonds. The van der Waals surface area contributed by atoms with E-state index in [1.165, 1.54) is 12.3 Å². The Morgan fingerprint density at radius 1 is 1.47 bits per heavy atom. The summed E-state index contributed by atoms with van der Waals surface area (Å²) >= 11 is 5.84. The Morgan fingerprint density at radius 3 is 2.82 bits per heavy atom. The molecule has 0 aromatic carbocycles. The van der Waals surface area contributed by atoms with Gasteiger partial charge in [0.2, 0.25) is 0 Å². The van der Waals surface area contributed by atoms with Crippen LogP contribution in [0.4, 0.5) is 11.5 Å². The molecule has 0 fully saturated rings. The molecule has 0 aliphatic carbocycles. The molecule has 0 aliphatic heterocycles. The van der Waals surface area contributed by atoms with E-state index >= 15 is 0 Å². The van der Waals surface area contributed by atoms with Crippen molar-refractivity contribution >= 4 is 23.1 Å². The highest BCUT2D eigenvalue weighted by Gasteiger charge is 2.10. The van der Waals surface area contributed by atoms with Gasteiger partial charge in [-0.2, -0.15) is 0 Å². The third-order valence-corrected chi connectivity index (χ3v) is 2.45. The molecule has 1 rings (SSSR count). The molecule has 0 atom stereocenters. The minimum absolute atomic E-state index is 0.124. The third kappa shape index (κ3) is 4.54. The van der Waals surface area contributed by atoms with Gasteiger partial charge in [0.15, 0.2) is 0 Å². The number of hydrogen-bond acceptors (Lipinski definition) is 5. The summed E-state index contributed by atoms with van der Waals surface area (Å²) in [6, 6.07) is 1.27. The van der Waals surface area contributed by atoms with Gasteiger partial charge in [-0.3, -0.25) is 10.1 Å². The maximum absolute atomic E-state index is 10.5. The summed E-state index contributed by atoms with van der Waals surface area (Å²) in [7, 11) is 0. The number of nitrogens with one attached hydrogen (secondary N) is 1. The lowest BCUT2D eigenvalue weighted by Crippen LogP contribution is -2.04. The fraction of sp³-hybridized carbons (Fsp3) is 0.500. The number of aromatic nitrogens is 1. The number of halogens is 1. The van der Waals surface area contributed by atoms with Gasteiger partial charge in [-0.05, 0) is 19.3 Å². The quantitative estimate of drug-likeness (QED) is 0.445. The summed E-state index contributed by atoms with van der Waals surface area (Å²) < 4.78 is 0. The van der Waals surface area contributed by atoms with Crippen LogP contribution < -0.4 is 5.32 Å². The van der Waals surface area contributed by atoms with Crippen LogP contribution in [-0.4, -0.2) is 28.2 Å². The average Bonchev–Trinajstić information content (AvgIpc) is 2.30. The second-order valence-corrected chi connectivity index (χ2v) is 3.90. The van der Waals surface area contributed by atoms with Crippen LogP contribution in [0.1, 0.15) is 19.3 Å². The summed E-state index contributed by atoms with van der Waals surface area (Å²) in [6.45, 7) is 0.862. The summed E-state index contributed by atoms with van der Waals surface area (Å²) in [6.07, 6.45) is 3.73. The fourth-order valence-electron chi connectivity index (χ4n) is 1.28. The Hall–Kier alpha value is -1.40. The van der Waals surface area contributed by atoms with Crippen molar-refractivity contribution in [1.82, 2.24) is 4.98 Å². The van der Waals surface area contributed by atoms with Crippen LogP contribution >= 0.6 is 11.6 Å². The van der Waals surface area contributed by atoms with Crippen molar-refractivity contribution in [1.29, 1.82) is 0 Å². The number of rotatable bonds is 7. The van der Waals surface area contributed by atoms with Gasteiger partial charge in [-0.1, -0.05) is 11.6 Å². The summed E-state index contributed by atoms with van der Waals surface area (Å²) in [5.41, 5.74) is -0.124. The molecule has 2 N–H and O–H groups in total. The lowest BCUT2D eigenvalue weighted by molar-refractivity contribution is -0.385. The Bertz CT molecular complexity index is 387. The molecular formula is C10H14ClN3O3. The standard InChI is InChI=1S/C10H14ClN3O3/c11-9-6-8(14(16)17)7-13-10(9)12-4-2-1-3-5-15/h6-7,15H,1-5H2,(H,12,13). The van der Waals surface area contributed by atoms with Crippen molar-refractivity contribution in [2.45, 2.75) is 19.3 Å². The highest BCUT2D eigenvalue weighted by Crippen LogP contribution is 2.23. The Kier molecular flexibility index (Phi) is 5.65. The highest BCUT2D eigenvalue weighted by molar-refractivity contribution is 6.33. The van der Waals surface area contributed by atoms with Gasteiger partial charge in [0, 0.05) is 19.2 Å². The molecule has 0 radical (unpaired) electrons. The largest absolute Gasteiger partial charge is 0.396 e. The fourth-order valence-corrected chi connectivity index (χ4v) is 1.51. The van der Waals surface area contributed by atoms with Crippen molar-refractivity contribution in [3.05, 3.63) is 27.4 Å². The van der Waals surface area contributed by atoms with Gasteiger partial charge in [0.25, 0.3) is 5.69 Å². The molecule has 1 heterocycles. The van der Waals surface area contributed by atoms with Crippen molar-refractivity contribution < 1.29 is 10.0 Å². The minimum atomic E-state index is -0.538. The molecule has 0 aliphatic rings. The van der Waals surface area contributed by atoms with E-state index in [-0.39, 0.29) is 17.3 Å². The van der Waals surface area contributed by atoms with Gasteiger partial charge in [-0.25, -0.2) is 4.98 Å². The predicted molar refractivity (Wildman–Crippen MR) is 65.3 cm³/mol. The van der Waals surface area contributed by atoms with E-state index in [4.69, 9.17) is 16.7 Å². The van der Waals surface area contributed by atoms with Crippen molar-refractivity contribution in [3.8, 4) is 0 Å². The van der Waals surface area contributed by atoms with E-state index in [9.17, 15) is 10.1 Å². The molecule has 0 saturated carbocycles. The molecule has 1 aromatic heterocycles. The first-order valence-corrected chi connectivity index (χ1v) is 5.67. The maximum Gasteiger partial charge on any atom is 0.289 e. The van der Waals surface area contributed by atoms with E-state index in [1.54, 1.807) is 0 Å². The Labute approximate surface area is 104 Å². The number of aliphatic hydroxyl groups is 1. The Balaban J connectivity index is 2.46. The summed E-state index contributed by atoms with van der Waals surface area (Å²) in [5.74, 6) is 0.446. The van der Waals surface area contributed by atoms with E-state index in [0.29, 0.717) is 12.4 Å². The van der Waals surface area contributed by atoms with Crippen molar-refractivity contribution in [2.24, 2.45) is 0 Å². The van der Waals surface area contributed by atoms with E-state index < -0.39 is 4.92 Å². The number of nitrogens with zero attached hydrogens (tertiary/aromatic N) is 2. The summed E-state index contributed by atoms with van der Waals surface area (Å²) in [4.78, 5) is 13.8. The first kappa shape index (κ1) is 13.7. The van der Waals surface area contributed by atoms with Crippen LogP contribution in [0.5, 0.6) is 0 Å². The first-order valence-electron chi connectivity index (χ1n) is 5.30. The van der Waals surface area contributed by atoms with Gasteiger partial charge in [0.05, 0.1) is 9.95 Å². The van der Waals surface area contributed by atoms with Gasteiger partial charge >= 0.3 is 0 Å². The monoisotopic (exact) mass is 259 g/mol. The van der Waals surface area contributed by atoms with Crippen LogP contribution in [0.3, 0.4) is 0 Å². The zero-order chi connectivity index (χ0) is 12.7. The SMILES string of the molecule is O=[N+]([O-])c1cnc(NCCCCCO)c(Cl)c1. The van der Waals surface area contributed by atoms with Crippen LogP contribution in [0.2, 0.25) is 5.02 Å². The zero-order valence-electron chi connectivity index (χ0n) is 9.23. The molecule has 0 bridgehead atoms.